The highest BCUT2D eigenvalue weighted by Gasteiger charge is 2.29. The largest absolute Gasteiger partial charge is 0.464 e. The second-order valence-electron chi connectivity index (χ2n) is 7.99. The number of aryl methyl sites for hydroxylation is 1. The molecule has 0 bridgehead atoms. The Balaban J connectivity index is 1.33. The summed E-state index contributed by atoms with van der Waals surface area (Å²) in [6.07, 6.45) is 3.47. The number of anilines is 1. The summed E-state index contributed by atoms with van der Waals surface area (Å²) in [7, 11) is 0. The number of fused-ring (bicyclic) bond motifs is 1. The predicted octanol–water partition coefficient (Wildman–Crippen LogP) is 4.70. The summed E-state index contributed by atoms with van der Waals surface area (Å²) in [4.78, 5) is 42.6. The van der Waals surface area contributed by atoms with Gasteiger partial charge in [-0.1, -0.05) is 5.16 Å². The second-order valence-corrected chi connectivity index (χ2v) is 8.87. The Labute approximate surface area is 203 Å². The van der Waals surface area contributed by atoms with Gasteiger partial charge in [0.1, 0.15) is 16.3 Å². The van der Waals surface area contributed by atoms with Gasteiger partial charge in [0.25, 0.3) is 11.6 Å². The van der Waals surface area contributed by atoms with E-state index >= 15 is 0 Å². The first-order valence-corrected chi connectivity index (χ1v) is 11.9. The van der Waals surface area contributed by atoms with Gasteiger partial charge >= 0.3 is 11.9 Å². The molecule has 4 heterocycles. The average Bonchev–Trinajstić information content (AvgIpc) is 3.21. The van der Waals surface area contributed by atoms with E-state index in [1.54, 1.807) is 37.4 Å². The minimum Gasteiger partial charge on any atom is -0.464 e. The number of carbonyl (C=O) groups excluding carboxylic acids is 3. The summed E-state index contributed by atoms with van der Waals surface area (Å²) in [5.41, 5.74) is 2.46. The Morgan fingerprint density at radius 3 is 2.77 bits per heavy atom. The van der Waals surface area contributed by atoms with Crippen molar-refractivity contribution in [3.8, 4) is 11.3 Å². The molecule has 1 N–H and O–H groups in total. The zero-order chi connectivity index (χ0) is 24.5. The molecule has 4 aromatic heterocycles. The van der Waals surface area contributed by atoms with Crippen molar-refractivity contribution in [2.75, 3.05) is 18.5 Å². The Bertz CT molecular complexity index is 1420. The van der Waals surface area contributed by atoms with Gasteiger partial charge < -0.3 is 23.7 Å². The van der Waals surface area contributed by atoms with Crippen LogP contribution in [-0.2, 0) is 14.3 Å². The maximum absolute atomic E-state index is 12.9. The fourth-order valence-electron chi connectivity index (χ4n) is 3.70. The number of esters is 2. The molecule has 0 unspecified atom stereocenters. The van der Waals surface area contributed by atoms with Crippen molar-refractivity contribution < 1.29 is 32.8 Å². The highest BCUT2D eigenvalue weighted by atomic mass is 32.1. The third kappa shape index (κ3) is 4.54. The van der Waals surface area contributed by atoms with Gasteiger partial charge in [-0.05, 0) is 44.9 Å². The van der Waals surface area contributed by atoms with Crippen molar-refractivity contribution in [1.82, 2.24) is 10.1 Å². The van der Waals surface area contributed by atoms with E-state index < -0.39 is 24.5 Å². The van der Waals surface area contributed by atoms with Crippen LogP contribution in [0.5, 0.6) is 0 Å². The maximum Gasteiger partial charge on any atom is 0.341 e. The van der Waals surface area contributed by atoms with Gasteiger partial charge in [-0.3, -0.25) is 4.79 Å². The number of nitrogens with one attached hydrogen (secondary N) is 1. The van der Waals surface area contributed by atoms with Gasteiger partial charge in [-0.2, -0.15) is 0 Å². The number of hydrogen-bond acceptors (Lipinski definition) is 10. The highest BCUT2D eigenvalue weighted by molar-refractivity contribution is 7.15. The number of aromatic nitrogens is 2. The molecule has 35 heavy (non-hydrogen) atoms. The lowest BCUT2D eigenvalue weighted by Gasteiger charge is -2.09. The number of nitrogens with zero attached hydrogens (tertiary/aromatic N) is 2. The van der Waals surface area contributed by atoms with E-state index in [1.807, 2.05) is 0 Å². The number of amides is 1. The zero-order valence-electron chi connectivity index (χ0n) is 19.0. The summed E-state index contributed by atoms with van der Waals surface area (Å²) < 4.78 is 21.1. The number of rotatable bonds is 8. The first kappa shape index (κ1) is 22.8. The minimum atomic E-state index is -0.686. The summed E-state index contributed by atoms with van der Waals surface area (Å²) in [6, 6.07) is 5.08. The lowest BCUT2D eigenvalue weighted by molar-refractivity contribution is -0.119. The number of ether oxygens (including phenoxy) is 2. The van der Waals surface area contributed by atoms with E-state index in [2.05, 4.69) is 15.5 Å². The van der Waals surface area contributed by atoms with Gasteiger partial charge in [0.15, 0.2) is 6.61 Å². The van der Waals surface area contributed by atoms with Crippen LogP contribution >= 0.6 is 11.3 Å². The number of pyridine rings is 1. The van der Waals surface area contributed by atoms with Gasteiger partial charge in [0.05, 0.1) is 29.5 Å². The molecule has 1 fully saturated rings. The molecule has 1 saturated carbocycles. The number of thiophene rings is 1. The summed E-state index contributed by atoms with van der Waals surface area (Å²) in [5.74, 6) is -1.14. The molecule has 1 aliphatic rings. The fraction of sp³-hybridized carbons (Fsp3) is 0.292. The molecule has 0 saturated heterocycles. The number of hydrogen-bond donors (Lipinski definition) is 1. The van der Waals surface area contributed by atoms with Gasteiger partial charge in [0, 0.05) is 22.6 Å². The molecule has 10 nitrogen and oxygen atoms in total. The van der Waals surface area contributed by atoms with Crippen molar-refractivity contribution in [2.24, 2.45) is 0 Å². The number of carbonyl (C=O) groups is 3. The molecule has 1 amide bonds. The van der Waals surface area contributed by atoms with E-state index in [0.717, 1.165) is 29.9 Å². The third-order valence-electron chi connectivity index (χ3n) is 5.50. The van der Waals surface area contributed by atoms with Crippen LogP contribution in [-0.4, -0.2) is 41.2 Å². The van der Waals surface area contributed by atoms with Crippen LogP contribution < -0.4 is 5.32 Å². The summed E-state index contributed by atoms with van der Waals surface area (Å²) in [5, 5.41) is 8.96. The smallest absolute Gasteiger partial charge is 0.341 e. The molecule has 4 aromatic rings. The minimum absolute atomic E-state index is 0.169. The van der Waals surface area contributed by atoms with Crippen molar-refractivity contribution >= 4 is 45.3 Å². The van der Waals surface area contributed by atoms with Crippen LogP contribution in [0.4, 0.5) is 5.00 Å². The maximum atomic E-state index is 12.9. The van der Waals surface area contributed by atoms with E-state index in [0.29, 0.717) is 22.4 Å². The SMILES string of the molecule is CCOC(=O)c1c(-c2ccco2)csc1NC(=O)COC(=O)c1cc(C2CC2)nc2onc(C)c12. The first-order valence-electron chi connectivity index (χ1n) is 11.0. The Morgan fingerprint density at radius 1 is 1.23 bits per heavy atom. The van der Waals surface area contributed by atoms with E-state index in [1.165, 1.54) is 6.26 Å². The van der Waals surface area contributed by atoms with Crippen LogP contribution in [0.3, 0.4) is 0 Å². The zero-order valence-corrected chi connectivity index (χ0v) is 19.8. The van der Waals surface area contributed by atoms with E-state index in [9.17, 15) is 14.4 Å². The molecule has 5 rings (SSSR count). The Kier molecular flexibility index (Phi) is 6.08. The second kappa shape index (κ2) is 9.34. The Morgan fingerprint density at radius 2 is 2.06 bits per heavy atom. The number of furan rings is 1. The average molecular weight is 496 g/mol. The van der Waals surface area contributed by atoms with Gasteiger partial charge in [-0.25, -0.2) is 14.6 Å². The van der Waals surface area contributed by atoms with Crippen LogP contribution in [0.15, 0.2) is 38.8 Å². The van der Waals surface area contributed by atoms with Crippen molar-refractivity contribution in [2.45, 2.75) is 32.6 Å². The van der Waals surface area contributed by atoms with Crippen molar-refractivity contribution in [3.63, 3.8) is 0 Å². The van der Waals surface area contributed by atoms with Crippen LogP contribution in [0.25, 0.3) is 22.4 Å². The fourth-order valence-corrected chi connectivity index (χ4v) is 4.66. The van der Waals surface area contributed by atoms with Crippen molar-refractivity contribution in [3.05, 3.63) is 52.4 Å². The molecule has 180 valence electrons. The molecule has 0 spiro atoms. The highest BCUT2D eigenvalue weighted by Crippen LogP contribution is 2.40. The van der Waals surface area contributed by atoms with E-state index in [-0.39, 0.29) is 34.4 Å². The molecule has 0 radical (unpaired) electrons. The van der Waals surface area contributed by atoms with Gasteiger partial charge in [0.2, 0.25) is 0 Å². The topological polar surface area (TPSA) is 134 Å². The molecule has 0 aliphatic heterocycles. The Hall–Kier alpha value is -3.99. The quantitative estimate of drug-likeness (QED) is 0.345. The van der Waals surface area contributed by atoms with Crippen LogP contribution in [0.1, 0.15) is 57.8 Å². The molecule has 0 aromatic carbocycles. The predicted molar refractivity (Wildman–Crippen MR) is 125 cm³/mol. The lowest BCUT2D eigenvalue weighted by Crippen LogP contribution is -2.22. The van der Waals surface area contributed by atoms with Crippen molar-refractivity contribution in [1.29, 1.82) is 0 Å². The van der Waals surface area contributed by atoms with Crippen LogP contribution in [0.2, 0.25) is 0 Å². The standard InChI is InChI=1S/C24H21N3O7S/c1-3-31-24(30)20-15(17-5-4-8-32-17)11-35-22(20)26-18(28)10-33-23(29)14-9-16(13-6-7-13)25-21-19(14)12(2)27-34-21/h4-5,8-9,11,13H,3,6-7,10H2,1-2H3,(H,26,28). The third-order valence-corrected chi connectivity index (χ3v) is 6.39. The molecule has 1 aliphatic carbocycles. The van der Waals surface area contributed by atoms with E-state index in [4.69, 9.17) is 18.4 Å². The first-order chi connectivity index (χ1) is 17.0. The monoisotopic (exact) mass is 495 g/mol. The van der Waals surface area contributed by atoms with Gasteiger partial charge in [-0.15, -0.1) is 11.3 Å². The molecular formula is C24H21N3O7S. The molecular weight excluding hydrogens is 474 g/mol. The summed E-state index contributed by atoms with van der Waals surface area (Å²) >= 11 is 1.14. The summed E-state index contributed by atoms with van der Waals surface area (Å²) in [6.45, 7) is 3.01. The molecule has 0 atom stereocenters. The lowest BCUT2D eigenvalue weighted by atomic mass is 10.1. The van der Waals surface area contributed by atoms with Crippen LogP contribution in [0, 0.1) is 6.92 Å². The normalized spacial score (nSPS) is 13.1. The molecule has 11 heteroatoms.